The van der Waals surface area contributed by atoms with E-state index in [1.165, 1.54) is 6.07 Å². The lowest BCUT2D eigenvalue weighted by Gasteiger charge is -2.25. The first-order valence-electron chi connectivity index (χ1n) is 9.36. The summed E-state index contributed by atoms with van der Waals surface area (Å²) < 4.78 is 45.4. The number of halogens is 2. The van der Waals surface area contributed by atoms with Crippen LogP contribution in [-0.2, 0) is 10.0 Å². The molecule has 0 radical (unpaired) electrons. The molecule has 29 heavy (non-hydrogen) atoms. The second kappa shape index (κ2) is 13.5. The summed E-state index contributed by atoms with van der Waals surface area (Å²) in [5, 5.41) is 3.14. The van der Waals surface area contributed by atoms with Crippen LogP contribution in [-0.4, -0.2) is 87.2 Å². The molecule has 0 atom stereocenters. The maximum absolute atomic E-state index is 13.6. The zero-order valence-corrected chi connectivity index (χ0v) is 20.8. The van der Waals surface area contributed by atoms with Crippen molar-refractivity contribution < 1.29 is 17.5 Å². The predicted octanol–water partition coefficient (Wildman–Crippen LogP) is 2.10. The smallest absolute Gasteiger partial charge is 0.215 e. The number of para-hydroxylation sites is 1. The Morgan fingerprint density at radius 2 is 2.03 bits per heavy atom. The maximum atomic E-state index is 13.6. The Kier molecular flexibility index (Phi) is 12.2. The number of nitrogens with zero attached hydrogens (tertiary/aromatic N) is 3. The summed E-state index contributed by atoms with van der Waals surface area (Å²) >= 11 is 1.78. The van der Waals surface area contributed by atoms with Crippen molar-refractivity contribution in [3.63, 3.8) is 0 Å². The molecule has 0 spiro atoms. The van der Waals surface area contributed by atoms with Gasteiger partial charge in [0.05, 0.1) is 18.8 Å². The van der Waals surface area contributed by atoms with E-state index in [1.807, 2.05) is 18.9 Å². The molecule has 1 fully saturated rings. The minimum atomic E-state index is -3.28. The summed E-state index contributed by atoms with van der Waals surface area (Å²) in [6.07, 6.45) is 0. The van der Waals surface area contributed by atoms with Crippen molar-refractivity contribution in [1.82, 2.24) is 14.5 Å². The highest BCUT2D eigenvalue weighted by atomic mass is 127. The van der Waals surface area contributed by atoms with Crippen LogP contribution in [0.25, 0.3) is 0 Å². The quantitative estimate of drug-likeness (QED) is 0.284. The van der Waals surface area contributed by atoms with Gasteiger partial charge in [-0.25, -0.2) is 17.1 Å². The molecule has 1 heterocycles. The van der Waals surface area contributed by atoms with E-state index in [9.17, 15) is 12.8 Å². The Balaban J connectivity index is 0.00000420. The van der Waals surface area contributed by atoms with Gasteiger partial charge in [0, 0.05) is 38.2 Å². The molecule has 7 nitrogen and oxygen atoms in total. The maximum Gasteiger partial charge on any atom is 0.215 e. The fourth-order valence-electron chi connectivity index (χ4n) is 2.65. The molecule has 1 N–H and O–H groups in total. The summed E-state index contributed by atoms with van der Waals surface area (Å²) in [5.74, 6) is 2.09. The Morgan fingerprint density at radius 1 is 1.34 bits per heavy atom. The number of hydrogen-bond donors (Lipinski definition) is 1. The molecular formula is C18H30FIN4O3S2. The van der Waals surface area contributed by atoms with E-state index in [4.69, 9.17) is 4.74 Å². The van der Waals surface area contributed by atoms with Crippen molar-refractivity contribution >= 4 is 51.7 Å². The van der Waals surface area contributed by atoms with Gasteiger partial charge in [0.25, 0.3) is 0 Å². The van der Waals surface area contributed by atoms with Crippen molar-refractivity contribution in [2.45, 2.75) is 6.92 Å². The van der Waals surface area contributed by atoms with Crippen molar-refractivity contribution in [1.29, 1.82) is 0 Å². The van der Waals surface area contributed by atoms with E-state index in [0.29, 0.717) is 32.1 Å². The molecule has 0 saturated carbocycles. The molecule has 1 aromatic rings. The first kappa shape index (κ1) is 26.2. The Hall–Kier alpha value is -0.790. The number of ether oxygens (including phenoxy) is 1. The van der Waals surface area contributed by atoms with E-state index >= 15 is 0 Å². The molecule has 1 saturated heterocycles. The summed E-state index contributed by atoms with van der Waals surface area (Å²) in [6.45, 7) is 4.71. The Morgan fingerprint density at radius 3 is 2.69 bits per heavy atom. The molecule has 0 aromatic heterocycles. The van der Waals surface area contributed by atoms with E-state index in [1.54, 1.807) is 34.3 Å². The first-order valence-corrected chi connectivity index (χ1v) is 12.1. The minimum absolute atomic E-state index is 0. The summed E-state index contributed by atoms with van der Waals surface area (Å²) in [5.41, 5.74) is 0. The van der Waals surface area contributed by atoms with Crippen molar-refractivity contribution in [3.8, 4) is 5.75 Å². The molecule has 1 aromatic carbocycles. The molecule has 2 rings (SSSR count). The average molecular weight is 560 g/mol. The number of likely N-dealkylation sites (N-methyl/N-ethyl adjacent to an activating group) is 1. The van der Waals surface area contributed by atoms with Crippen molar-refractivity contribution in [3.05, 3.63) is 30.1 Å². The lowest BCUT2D eigenvalue weighted by molar-refractivity contribution is 0.270. The van der Waals surface area contributed by atoms with Gasteiger partial charge in [-0.2, -0.15) is 11.8 Å². The van der Waals surface area contributed by atoms with Crippen LogP contribution < -0.4 is 10.1 Å². The molecule has 0 aliphatic carbocycles. The number of benzene rings is 1. The van der Waals surface area contributed by atoms with Gasteiger partial charge in [-0.3, -0.25) is 4.99 Å². The zero-order valence-electron chi connectivity index (χ0n) is 16.8. The SMILES string of the molecule is CCNC(=NCCS(=O)(=O)N1CCSCC1)N(C)CCOc1ccccc1F.I. The van der Waals surface area contributed by atoms with Crippen LogP contribution in [0.1, 0.15) is 6.92 Å². The molecule has 1 aliphatic rings. The normalized spacial score (nSPS) is 15.5. The van der Waals surface area contributed by atoms with E-state index in [0.717, 1.165) is 11.5 Å². The lowest BCUT2D eigenvalue weighted by Crippen LogP contribution is -2.42. The number of rotatable bonds is 9. The van der Waals surface area contributed by atoms with Gasteiger partial charge in [0.2, 0.25) is 10.0 Å². The number of thioether (sulfide) groups is 1. The minimum Gasteiger partial charge on any atom is -0.489 e. The molecule has 0 unspecified atom stereocenters. The van der Waals surface area contributed by atoms with E-state index in [-0.39, 0.29) is 48.6 Å². The van der Waals surface area contributed by atoms with Crippen molar-refractivity contribution in [2.24, 2.45) is 4.99 Å². The predicted molar refractivity (Wildman–Crippen MR) is 129 cm³/mol. The monoisotopic (exact) mass is 560 g/mol. The third kappa shape index (κ3) is 8.85. The fourth-order valence-corrected chi connectivity index (χ4v) is 5.10. The number of guanidine groups is 1. The Labute approximate surface area is 194 Å². The van der Waals surface area contributed by atoms with Crippen molar-refractivity contribution in [2.75, 3.05) is 63.6 Å². The molecule has 11 heteroatoms. The van der Waals surface area contributed by atoms with Gasteiger partial charge in [-0.05, 0) is 19.1 Å². The average Bonchev–Trinajstić information content (AvgIpc) is 2.69. The zero-order chi connectivity index (χ0) is 20.4. The first-order chi connectivity index (χ1) is 13.4. The summed E-state index contributed by atoms with van der Waals surface area (Å²) in [6, 6.07) is 6.26. The highest BCUT2D eigenvalue weighted by Crippen LogP contribution is 2.15. The van der Waals surface area contributed by atoms with Gasteiger partial charge in [0.15, 0.2) is 17.5 Å². The summed E-state index contributed by atoms with van der Waals surface area (Å²) in [7, 11) is -1.44. The second-order valence-corrected chi connectivity index (χ2v) is 9.58. The third-order valence-corrected chi connectivity index (χ3v) is 6.98. The largest absolute Gasteiger partial charge is 0.489 e. The molecular weight excluding hydrogens is 530 g/mol. The number of aliphatic imine (C=N–C) groups is 1. The van der Waals surface area contributed by atoms with Gasteiger partial charge < -0.3 is 15.0 Å². The van der Waals surface area contributed by atoms with Crippen LogP contribution in [0.3, 0.4) is 0 Å². The molecule has 166 valence electrons. The van der Waals surface area contributed by atoms with Gasteiger partial charge >= 0.3 is 0 Å². The fraction of sp³-hybridized carbons (Fsp3) is 0.611. The van der Waals surface area contributed by atoms with Crippen LogP contribution in [0, 0.1) is 5.82 Å². The standard InChI is InChI=1S/C18H29FN4O3S2.HI/c1-3-20-18(21-8-15-28(24,25)23-10-13-27-14-11-23)22(2)9-12-26-17-7-5-4-6-16(17)19;/h4-7H,3,8-15H2,1-2H3,(H,20,21);1H. The van der Waals surface area contributed by atoms with Crippen LogP contribution in [0.2, 0.25) is 0 Å². The van der Waals surface area contributed by atoms with Crippen LogP contribution in [0.4, 0.5) is 4.39 Å². The van der Waals surface area contributed by atoms with E-state index in [2.05, 4.69) is 10.3 Å². The number of hydrogen-bond acceptors (Lipinski definition) is 5. The van der Waals surface area contributed by atoms with Crippen LogP contribution in [0.15, 0.2) is 29.3 Å². The van der Waals surface area contributed by atoms with Crippen LogP contribution >= 0.6 is 35.7 Å². The lowest BCUT2D eigenvalue weighted by atomic mass is 10.3. The third-order valence-electron chi connectivity index (χ3n) is 4.19. The summed E-state index contributed by atoms with van der Waals surface area (Å²) in [4.78, 5) is 6.27. The Bertz CT molecular complexity index is 746. The molecule has 0 amide bonds. The highest BCUT2D eigenvalue weighted by Gasteiger charge is 2.23. The van der Waals surface area contributed by atoms with E-state index < -0.39 is 15.8 Å². The second-order valence-electron chi connectivity index (χ2n) is 6.26. The van der Waals surface area contributed by atoms with Gasteiger partial charge in [-0.1, -0.05) is 12.1 Å². The van der Waals surface area contributed by atoms with Gasteiger partial charge in [-0.15, -0.1) is 24.0 Å². The topological polar surface area (TPSA) is 74.2 Å². The number of sulfonamides is 1. The number of nitrogens with one attached hydrogen (secondary N) is 1. The van der Waals surface area contributed by atoms with Gasteiger partial charge in [0.1, 0.15) is 6.61 Å². The van der Waals surface area contributed by atoms with Crippen LogP contribution in [0.5, 0.6) is 5.75 Å². The highest BCUT2D eigenvalue weighted by molar-refractivity contribution is 14.0. The molecule has 0 bridgehead atoms. The molecule has 1 aliphatic heterocycles.